The number of carbonyl (C=O) groups is 1. The fourth-order valence-corrected chi connectivity index (χ4v) is 4.83. The van der Waals surface area contributed by atoms with E-state index in [1.165, 1.54) is 12.1 Å². The molecule has 1 atom stereocenters. The summed E-state index contributed by atoms with van der Waals surface area (Å²) in [7, 11) is 0. The molecule has 0 unspecified atom stereocenters. The van der Waals surface area contributed by atoms with E-state index in [1.54, 1.807) is 24.3 Å². The maximum absolute atomic E-state index is 15.0. The summed E-state index contributed by atoms with van der Waals surface area (Å²) >= 11 is 9.33. The average Bonchev–Trinajstić information content (AvgIpc) is 2.93. The third-order valence-corrected chi connectivity index (χ3v) is 7.31. The molecule has 0 bridgehead atoms. The first-order chi connectivity index (χ1) is 20.5. The molecule has 232 valence electrons. The second kappa shape index (κ2) is 12.7. The molecule has 1 amide bonds. The number of hydrogen-bond donors (Lipinski definition) is 1. The summed E-state index contributed by atoms with van der Waals surface area (Å²) in [6.45, 7) is 0. The van der Waals surface area contributed by atoms with Crippen molar-refractivity contribution in [3.8, 4) is 5.75 Å². The molecule has 0 radical (unpaired) electrons. The van der Waals surface area contributed by atoms with Crippen LogP contribution in [0.3, 0.4) is 0 Å². The van der Waals surface area contributed by atoms with Gasteiger partial charge in [0.25, 0.3) is 5.91 Å². The number of nitrogens with zero attached hydrogens (tertiary/aromatic N) is 1. The van der Waals surface area contributed by atoms with Crippen molar-refractivity contribution in [2.24, 2.45) is 0 Å². The minimum absolute atomic E-state index is 0.100. The van der Waals surface area contributed by atoms with Crippen molar-refractivity contribution in [3.05, 3.63) is 128 Å². The number of rotatable bonds is 9. The summed E-state index contributed by atoms with van der Waals surface area (Å²) in [6, 6.07) is 12.3. The van der Waals surface area contributed by atoms with Gasteiger partial charge in [0, 0.05) is 28.7 Å². The van der Waals surface area contributed by atoms with E-state index < -0.39 is 58.7 Å². The van der Waals surface area contributed by atoms with Gasteiger partial charge < -0.3 is 10.1 Å². The molecule has 0 fully saturated rings. The lowest BCUT2D eigenvalue weighted by Crippen LogP contribution is -2.49. The van der Waals surface area contributed by atoms with Crippen LogP contribution in [0.1, 0.15) is 32.7 Å². The van der Waals surface area contributed by atoms with Gasteiger partial charge >= 0.3 is 18.7 Å². The topological polar surface area (TPSA) is 51.2 Å². The number of hydrogen-bond acceptors (Lipinski definition) is 3. The summed E-state index contributed by atoms with van der Waals surface area (Å²) in [6.07, 6.45) is -13.7. The molecule has 1 aromatic heterocycles. The zero-order valence-corrected chi connectivity index (χ0v) is 24.1. The van der Waals surface area contributed by atoms with Crippen LogP contribution in [-0.2, 0) is 18.1 Å². The van der Waals surface area contributed by atoms with Gasteiger partial charge in [-0.05, 0) is 59.7 Å². The Morgan fingerprint density at radius 1 is 0.955 bits per heavy atom. The Morgan fingerprint density at radius 2 is 1.66 bits per heavy atom. The SMILES string of the molecule is O=C(N[C@@](Cc1ccccc1Br)(c1cc(F)cc(OC(F)(F)C(F)F)c1)c1ccc(Cl)cn1)c1ccc(F)c(C(F)(F)F)c1. The molecule has 4 nitrogen and oxygen atoms in total. The average molecular weight is 712 g/mol. The number of pyridine rings is 1. The van der Waals surface area contributed by atoms with E-state index in [-0.39, 0.29) is 28.8 Å². The molecule has 0 saturated carbocycles. The van der Waals surface area contributed by atoms with Gasteiger partial charge in [-0.1, -0.05) is 45.7 Å². The van der Waals surface area contributed by atoms with Crippen LogP contribution >= 0.6 is 27.5 Å². The molecule has 1 N–H and O–H groups in total. The molecular weight excluding hydrogens is 695 g/mol. The zero-order chi connectivity index (χ0) is 32.4. The molecule has 0 aliphatic rings. The van der Waals surface area contributed by atoms with Crippen molar-refractivity contribution in [1.29, 1.82) is 0 Å². The molecule has 0 spiro atoms. The van der Waals surface area contributed by atoms with Gasteiger partial charge in [-0.15, -0.1) is 0 Å². The number of halogens is 11. The van der Waals surface area contributed by atoms with E-state index in [2.05, 4.69) is 31.0 Å². The maximum Gasteiger partial charge on any atom is 0.461 e. The van der Waals surface area contributed by atoms with Gasteiger partial charge in [-0.2, -0.15) is 30.7 Å². The van der Waals surface area contributed by atoms with Crippen LogP contribution in [0.2, 0.25) is 5.02 Å². The van der Waals surface area contributed by atoms with Gasteiger partial charge in [0.1, 0.15) is 22.9 Å². The maximum atomic E-state index is 15.0. The third-order valence-electron chi connectivity index (χ3n) is 6.31. The summed E-state index contributed by atoms with van der Waals surface area (Å²) in [5, 5.41) is 2.60. The molecule has 3 aromatic carbocycles. The van der Waals surface area contributed by atoms with E-state index in [4.69, 9.17) is 11.6 Å². The standard InChI is InChI=1S/C29H17BrClF9N2O2/c30-22-4-2-1-3-16(22)13-27(24-8-6-18(31)14-41-24,17-10-19(32)12-20(11-17)44-29(39,40)26(34)35)42-25(43)15-5-7-23(33)21(9-15)28(36,37)38/h1-12,14,26H,13H2,(H,42,43)/t27-/m0/s1. The Hall–Kier alpha value is -3.78. The number of ether oxygens (including phenoxy) is 1. The van der Waals surface area contributed by atoms with Gasteiger partial charge in [0.05, 0.1) is 16.3 Å². The number of benzene rings is 3. The number of nitrogens with one attached hydrogen (secondary N) is 1. The van der Waals surface area contributed by atoms with Crippen LogP contribution in [-0.4, -0.2) is 23.4 Å². The van der Waals surface area contributed by atoms with Crippen molar-refractivity contribution in [2.45, 2.75) is 30.7 Å². The monoisotopic (exact) mass is 710 g/mol. The van der Waals surface area contributed by atoms with Crippen LogP contribution in [0.5, 0.6) is 5.75 Å². The first-order valence-corrected chi connectivity index (χ1v) is 13.4. The van der Waals surface area contributed by atoms with Gasteiger partial charge in [-0.3, -0.25) is 9.78 Å². The van der Waals surface area contributed by atoms with Gasteiger partial charge in [0.15, 0.2) is 0 Å². The normalized spacial score (nSPS) is 13.5. The van der Waals surface area contributed by atoms with Crippen molar-refractivity contribution < 1.29 is 49.0 Å². The predicted octanol–water partition coefficient (Wildman–Crippen LogP) is 8.95. The Labute approximate surface area is 256 Å². The first kappa shape index (κ1) is 33.1. The Kier molecular flexibility index (Phi) is 9.54. The highest BCUT2D eigenvalue weighted by atomic mass is 79.9. The fourth-order valence-electron chi connectivity index (χ4n) is 4.30. The minimum Gasteiger partial charge on any atom is -0.428 e. The molecule has 44 heavy (non-hydrogen) atoms. The molecular formula is C29H17BrClF9N2O2. The third kappa shape index (κ3) is 7.29. The zero-order valence-electron chi connectivity index (χ0n) is 21.7. The van der Waals surface area contributed by atoms with E-state index in [1.807, 2.05) is 0 Å². The van der Waals surface area contributed by atoms with E-state index in [0.29, 0.717) is 22.2 Å². The molecule has 0 saturated heterocycles. The van der Waals surface area contributed by atoms with Crippen molar-refractivity contribution in [2.75, 3.05) is 0 Å². The van der Waals surface area contributed by atoms with Crippen molar-refractivity contribution in [1.82, 2.24) is 10.3 Å². The van der Waals surface area contributed by atoms with Gasteiger partial charge in [-0.25, -0.2) is 8.78 Å². The molecule has 0 aliphatic heterocycles. The number of carbonyl (C=O) groups excluding carboxylic acids is 1. The molecule has 15 heteroatoms. The van der Waals surface area contributed by atoms with E-state index >= 15 is 0 Å². The predicted molar refractivity (Wildman–Crippen MR) is 145 cm³/mol. The quantitative estimate of drug-likeness (QED) is 0.177. The second-order valence-electron chi connectivity index (χ2n) is 9.32. The van der Waals surface area contributed by atoms with Crippen LogP contribution < -0.4 is 10.1 Å². The Balaban J connectivity index is 1.98. The summed E-state index contributed by atoms with van der Waals surface area (Å²) in [5.41, 5.74) is -4.65. The Bertz CT molecular complexity index is 1670. The van der Waals surface area contributed by atoms with Crippen LogP contribution in [0.4, 0.5) is 39.5 Å². The lowest BCUT2D eigenvalue weighted by atomic mass is 9.80. The smallest absolute Gasteiger partial charge is 0.428 e. The fraction of sp³-hybridized carbons (Fsp3) is 0.172. The van der Waals surface area contributed by atoms with Crippen LogP contribution in [0, 0.1) is 11.6 Å². The molecule has 4 aromatic rings. The van der Waals surface area contributed by atoms with Crippen LogP contribution in [0.25, 0.3) is 0 Å². The first-order valence-electron chi connectivity index (χ1n) is 12.2. The van der Waals surface area contributed by atoms with Crippen LogP contribution in [0.15, 0.2) is 83.5 Å². The number of aromatic nitrogens is 1. The highest BCUT2D eigenvalue weighted by Crippen LogP contribution is 2.39. The largest absolute Gasteiger partial charge is 0.461 e. The summed E-state index contributed by atoms with van der Waals surface area (Å²) in [5.74, 6) is -5.22. The highest BCUT2D eigenvalue weighted by Gasteiger charge is 2.45. The van der Waals surface area contributed by atoms with Crippen molar-refractivity contribution in [3.63, 3.8) is 0 Å². The number of alkyl halides is 7. The highest BCUT2D eigenvalue weighted by molar-refractivity contribution is 9.10. The molecule has 0 aliphatic carbocycles. The minimum atomic E-state index is -5.17. The summed E-state index contributed by atoms with van der Waals surface area (Å²) < 4.78 is 127. The van der Waals surface area contributed by atoms with E-state index in [0.717, 1.165) is 24.4 Å². The lowest BCUT2D eigenvalue weighted by molar-refractivity contribution is -0.253. The van der Waals surface area contributed by atoms with E-state index in [9.17, 15) is 44.3 Å². The summed E-state index contributed by atoms with van der Waals surface area (Å²) in [4.78, 5) is 17.8. The second-order valence-corrected chi connectivity index (χ2v) is 10.6. The van der Waals surface area contributed by atoms with Crippen molar-refractivity contribution >= 4 is 33.4 Å². The van der Waals surface area contributed by atoms with Gasteiger partial charge in [0.2, 0.25) is 0 Å². The number of amides is 1. The molecule has 4 rings (SSSR count). The lowest BCUT2D eigenvalue weighted by Gasteiger charge is -2.36. The molecule has 1 heterocycles. The Morgan fingerprint density at radius 3 is 2.27 bits per heavy atom.